The van der Waals surface area contributed by atoms with E-state index in [1.807, 2.05) is 13.0 Å². The lowest BCUT2D eigenvalue weighted by Gasteiger charge is -2.22. The Kier molecular flexibility index (Phi) is 2.55. The smallest absolute Gasteiger partial charge is 0.0420 e. The second kappa shape index (κ2) is 3.84. The minimum atomic E-state index is 0.104. The van der Waals surface area contributed by atoms with Crippen molar-refractivity contribution in [2.45, 2.75) is 13.0 Å². The van der Waals surface area contributed by atoms with Crippen molar-refractivity contribution in [3.63, 3.8) is 0 Å². The molecule has 0 saturated carbocycles. The van der Waals surface area contributed by atoms with Crippen molar-refractivity contribution in [3.8, 4) is 0 Å². The number of anilines is 1. The SMILES string of the molecule is CC(N)c1ccccc1N1CC=CC1. The molecule has 2 nitrogen and oxygen atoms in total. The van der Waals surface area contributed by atoms with Crippen LogP contribution in [0.5, 0.6) is 0 Å². The summed E-state index contributed by atoms with van der Waals surface area (Å²) < 4.78 is 0. The fourth-order valence-electron chi connectivity index (χ4n) is 1.84. The van der Waals surface area contributed by atoms with Crippen molar-refractivity contribution in [1.29, 1.82) is 0 Å². The van der Waals surface area contributed by atoms with E-state index in [1.54, 1.807) is 0 Å². The third-order valence-corrected chi connectivity index (χ3v) is 2.59. The molecule has 1 aliphatic rings. The minimum Gasteiger partial charge on any atom is -0.364 e. The van der Waals surface area contributed by atoms with E-state index in [0.29, 0.717) is 0 Å². The molecule has 2 heteroatoms. The first-order valence-electron chi connectivity index (χ1n) is 5.03. The van der Waals surface area contributed by atoms with Crippen LogP contribution in [0.15, 0.2) is 36.4 Å². The van der Waals surface area contributed by atoms with E-state index >= 15 is 0 Å². The molecule has 74 valence electrons. The lowest BCUT2D eigenvalue weighted by atomic mass is 10.1. The van der Waals surface area contributed by atoms with Gasteiger partial charge in [0.25, 0.3) is 0 Å². The van der Waals surface area contributed by atoms with E-state index in [1.165, 1.54) is 11.3 Å². The summed E-state index contributed by atoms with van der Waals surface area (Å²) in [7, 11) is 0. The summed E-state index contributed by atoms with van der Waals surface area (Å²) in [5.41, 5.74) is 8.44. The summed E-state index contributed by atoms with van der Waals surface area (Å²) in [6, 6.07) is 8.47. The minimum absolute atomic E-state index is 0.104. The number of hydrogen-bond acceptors (Lipinski definition) is 2. The largest absolute Gasteiger partial charge is 0.364 e. The molecular formula is C12H16N2. The zero-order valence-corrected chi connectivity index (χ0v) is 8.48. The van der Waals surface area contributed by atoms with Gasteiger partial charge in [-0.2, -0.15) is 0 Å². The fourth-order valence-corrected chi connectivity index (χ4v) is 1.84. The average molecular weight is 188 g/mol. The average Bonchev–Trinajstić information content (AvgIpc) is 2.70. The number of nitrogens with two attached hydrogens (primary N) is 1. The molecule has 14 heavy (non-hydrogen) atoms. The molecule has 2 rings (SSSR count). The molecule has 0 fully saturated rings. The quantitative estimate of drug-likeness (QED) is 0.720. The number of para-hydroxylation sites is 1. The molecule has 0 saturated heterocycles. The molecule has 0 radical (unpaired) electrons. The van der Waals surface area contributed by atoms with Gasteiger partial charge in [0.15, 0.2) is 0 Å². The highest BCUT2D eigenvalue weighted by Gasteiger charge is 2.13. The Morgan fingerprint density at radius 3 is 2.50 bits per heavy atom. The van der Waals surface area contributed by atoms with Crippen molar-refractivity contribution in [2.75, 3.05) is 18.0 Å². The highest BCUT2D eigenvalue weighted by atomic mass is 15.1. The monoisotopic (exact) mass is 188 g/mol. The second-order valence-corrected chi connectivity index (χ2v) is 3.72. The topological polar surface area (TPSA) is 29.3 Å². The Bertz CT molecular complexity index is 334. The van der Waals surface area contributed by atoms with Crippen LogP contribution < -0.4 is 10.6 Å². The van der Waals surface area contributed by atoms with Crippen LogP contribution in [-0.4, -0.2) is 13.1 Å². The highest BCUT2D eigenvalue weighted by Crippen LogP contribution is 2.25. The fraction of sp³-hybridized carbons (Fsp3) is 0.333. The summed E-state index contributed by atoms with van der Waals surface area (Å²) in [5.74, 6) is 0. The third kappa shape index (κ3) is 1.66. The zero-order valence-electron chi connectivity index (χ0n) is 8.48. The summed E-state index contributed by atoms with van der Waals surface area (Å²) >= 11 is 0. The van der Waals surface area contributed by atoms with Gasteiger partial charge >= 0.3 is 0 Å². The van der Waals surface area contributed by atoms with Crippen LogP contribution in [0.1, 0.15) is 18.5 Å². The van der Waals surface area contributed by atoms with E-state index in [2.05, 4.69) is 35.3 Å². The third-order valence-electron chi connectivity index (χ3n) is 2.59. The van der Waals surface area contributed by atoms with Gasteiger partial charge in [0.1, 0.15) is 0 Å². The molecule has 1 aliphatic heterocycles. The van der Waals surface area contributed by atoms with E-state index in [9.17, 15) is 0 Å². The van der Waals surface area contributed by atoms with Gasteiger partial charge in [-0.1, -0.05) is 30.4 Å². The van der Waals surface area contributed by atoms with Gasteiger partial charge in [-0.25, -0.2) is 0 Å². The van der Waals surface area contributed by atoms with Gasteiger partial charge in [-0.15, -0.1) is 0 Å². The molecule has 0 aliphatic carbocycles. The van der Waals surface area contributed by atoms with Crippen LogP contribution >= 0.6 is 0 Å². The van der Waals surface area contributed by atoms with Gasteiger partial charge in [-0.05, 0) is 18.6 Å². The van der Waals surface area contributed by atoms with Crippen molar-refractivity contribution in [2.24, 2.45) is 5.73 Å². The highest BCUT2D eigenvalue weighted by molar-refractivity contribution is 5.56. The van der Waals surface area contributed by atoms with E-state index in [0.717, 1.165) is 13.1 Å². The summed E-state index contributed by atoms with van der Waals surface area (Å²) in [6.45, 7) is 4.04. The van der Waals surface area contributed by atoms with Crippen molar-refractivity contribution in [1.82, 2.24) is 0 Å². The van der Waals surface area contributed by atoms with Gasteiger partial charge in [0, 0.05) is 24.8 Å². The number of hydrogen-bond donors (Lipinski definition) is 1. The second-order valence-electron chi connectivity index (χ2n) is 3.72. The maximum atomic E-state index is 5.94. The predicted molar refractivity (Wildman–Crippen MR) is 60.4 cm³/mol. The molecular weight excluding hydrogens is 172 g/mol. The normalized spacial score (nSPS) is 17.4. The molecule has 1 aromatic carbocycles. The Balaban J connectivity index is 2.31. The first kappa shape index (κ1) is 9.28. The van der Waals surface area contributed by atoms with Crippen LogP contribution in [-0.2, 0) is 0 Å². The van der Waals surface area contributed by atoms with Crippen LogP contribution in [0.3, 0.4) is 0 Å². The first-order valence-corrected chi connectivity index (χ1v) is 5.03. The Labute approximate surface area is 85.0 Å². The lowest BCUT2D eigenvalue weighted by Crippen LogP contribution is -2.21. The van der Waals surface area contributed by atoms with Crippen LogP contribution in [0.2, 0.25) is 0 Å². The Morgan fingerprint density at radius 1 is 1.21 bits per heavy atom. The summed E-state index contributed by atoms with van der Waals surface area (Å²) in [4.78, 5) is 2.33. The molecule has 2 N–H and O–H groups in total. The van der Waals surface area contributed by atoms with Gasteiger partial charge < -0.3 is 10.6 Å². The maximum Gasteiger partial charge on any atom is 0.0420 e. The van der Waals surface area contributed by atoms with Crippen LogP contribution in [0, 0.1) is 0 Å². The molecule has 1 atom stereocenters. The Hall–Kier alpha value is -1.28. The molecule has 0 bridgehead atoms. The predicted octanol–water partition coefficient (Wildman–Crippen LogP) is 2.08. The van der Waals surface area contributed by atoms with E-state index in [-0.39, 0.29) is 6.04 Å². The number of nitrogens with zero attached hydrogens (tertiary/aromatic N) is 1. The maximum absolute atomic E-state index is 5.94. The van der Waals surface area contributed by atoms with Crippen molar-refractivity contribution in [3.05, 3.63) is 42.0 Å². The van der Waals surface area contributed by atoms with Gasteiger partial charge in [-0.3, -0.25) is 0 Å². The molecule has 1 aromatic rings. The van der Waals surface area contributed by atoms with Crippen molar-refractivity contribution >= 4 is 5.69 Å². The van der Waals surface area contributed by atoms with Gasteiger partial charge in [0.2, 0.25) is 0 Å². The number of benzene rings is 1. The molecule has 0 aromatic heterocycles. The molecule has 1 heterocycles. The molecule has 0 amide bonds. The molecule has 0 spiro atoms. The van der Waals surface area contributed by atoms with Crippen LogP contribution in [0.4, 0.5) is 5.69 Å². The van der Waals surface area contributed by atoms with E-state index in [4.69, 9.17) is 5.73 Å². The lowest BCUT2D eigenvalue weighted by molar-refractivity contribution is 0.808. The van der Waals surface area contributed by atoms with E-state index < -0.39 is 0 Å². The van der Waals surface area contributed by atoms with Crippen LogP contribution in [0.25, 0.3) is 0 Å². The summed E-state index contributed by atoms with van der Waals surface area (Å²) in [5, 5.41) is 0. The standard InChI is InChI=1S/C12H16N2/c1-10(13)11-6-2-3-7-12(11)14-8-4-5-9-14/h2-7,10H,8-9,13H2,1H3. The molecule has 1 unspecified atom stereocenters. The number of rotatable bonds is 2. The van der Waals surface area contributed by atoms with Gasteiger partial charge in [0.05, 0.1) is 0 Å². The summed E-state index contributed by atoms with van der Waals surface area (Å²) in [6.07, 6.45) is 4.38. The van der Waals surface area contributed by atoms with Crippen molar-refractivity contribution < 1.29 is 0 Å². The zero-order chi connectivity index (χ0) is 9.97. The Morgan fingerprint density at radius 2 is 1.86 bits per heavy atom. The first-order chi connectivity index (χ1) is 6.79.